The van der Waals surface area contributed by atoms with Gasteiger partial charge in [-0.15, -0.1) is 11.8 Å². The van der Waals surface area contributed by atoms with Crippen LogP contribution in [0.1, 0.15) is 55.8 Å². The molecule has 1 aliphatic heterocycles. The van der Waals surface area contributed by atoms with Crippen LogP contribution < -0.4 is 15.2 Å². The van der Waals surface area contributed by atoms with Crippen molar-refractivity contribution in [2.24, 2.45) is 5.92 Å². The molecule has 34 heavy (non-hydrogen) atoms. The Kier molecular flexibility index (Phi) is 5.82. The lowest BCUT2D eigenvalue weighted by molar-refractivity contribution is 0.0969. The molecule has 2 aromatic rings. The van der Waals surface area contributed by atoms with Gasteiger partial charge < -0.3 is 4.74 Å². The Morgan fingerprint density at radius 1 is 0.853 bits per heavy atom. The fourth-order valence-electron chi connectivity index (χ4n) is 5.66. The molecule has 0 saturated carbocycles. The maximum Gasteiger partial charge on any atom is 0.174 e. The Bertz CT molecular complexity index is 1420. The highest BCUT2D eigenvalue weighted by molar-refractivity contribution is 8.01. The van der Waals surface area contributed by atoms with Crippen LogP contribution in [-0.4, -0.2) is 17.6 Å². The van der Waals surface area contributed by atoms with E-state index in [1.165, 1.54) is 53.2 Å². The lowest BCUT2D eigenvalue weighted by atomic mass is 9.78. The lowest BCUT2D eigenvalue weighted by Crippen LogP contribution is -2.31. The normalized spacial score (nSPS) is 21.3. The number of carbonyl (C=O) groups is 1. The largest absolute Gasteiger partial charge is 0.492 e. The lowest BCUT2D eigenvalue weighted by Gasteiger charge is -2.29. The quantitative estimate of drug-likeness (QED) is 0.420. The molecule has 3 heteroatoms. The van der Waals surface area contributed by atoms with Crippen LogP contribution in [0.15, 0.2) is 71.7 Å². The van der Waals surface area contributed by atoms with Gasteiger partial charge in [-0.3, -0.25) is 4.79 Å². The highest BCUT2D eigenvalue weighted by Crippen LogP contribution is 2.45. The van der Waals surface area contributed by atoms with Crippen LogP contribution in [0.5, 0.6) is 5.75 Å². The van der Waals surface area contributed by atoms with Crippen molar-refractivity contribution in [2.75, 3.05) is 6.61 Å². The molecule has 172 valence electrons. The van der Waals surface area contributed by atoms with E-state index in [-0.39, 0.29) is 17.0 Å². The predicted octanol–water partition coefficient (Wildman–Crippen LogP) is 6.42. The molecular weight excluding hydrogens is 436 g/mol. The number of benzene rings is 2. The second-order valence-corrected chi connectivity index (χ2v) is 10.7. The van der Waals surface area contributed by atoms with E-state index in [1.807, 2.05) is 30.0 Å². The molecule has 1 heterocycles. The number of Topliss-reactive ketones (excluding diaryl/α,β-unsaturated/α-hetero) is 1. The van der Waals surface area contributed by atoms with Gasteiger partial charge in [0.15, 0.2) is 5.78 Å². The third-order valence-corrected chi connectivity index (χ3v) is 8.68. The summed E-state index contributed by atoms with van der Waals surface area (Å²) in [5.41, 5.74) is 3.27. The summed E-state index contributed by atoms with van der Waals surface area (Å²) in [4.78, 5) is 14.7. The molecule has 0 fully saturated rings. The van der Waals surface area contributed by atoms with E-state index >= 15 is 0 Å². The van der Waals surface area contributed by atoms with Crippen molar-refractivity contribution in [3.63, 3.8) is 0 Å². The first-order valence-corrected chi connectivity index (χ1v) is 13.6. The minimum absolute atomic E-state index is 0.197. The molecule has 0 amide bonds. The first-order valence-electron chi connectivity index (χ1n) is 12.7. The SMILES string of the molecule is CCCCCCCCOc1cc2c3c(ccc4c3c1SC1C=CC=CC=41)C(=O)C1C=CC=CC=21. The summed E-state index contributed by atoms with van der Waals surface area (Å²) in [7, 11) is 0. The van der Waals surface area contributed by atoms with Gasteiger partial charge in [-0.2, -0.15) is 0 Å². The van der Waals surface area contributed by atoms with Crippen LogP contribution in [0.4, 0.5) is 0 Å². The van der Waals surface area contributed by atoms with Crippen molar-refractivity contribution in [2.45, 2.75) is 55.6 Å². The first kappa shape index (κ1) is 21.7. The van der Waals surface area contributed by atoms with E-state index in [4.69, 9.17) is 4.74 Å². The van der Waals surface area contributed by atoms with E-state index in [0.717, 1.165) is 40.5 Å². The van der Waals surface area contributed by atoms with Crippen LogP contribution in [0.2, 0.25) is 0 Å². The van der Waals surface area contributed by atoms with Gasteiger partial charge in [0.25, 0.3) is 0 Å². The highest BCUT2D eigenvalue weighted by atomic mass is 32.2. The van der Waals surface area contributed by atoms with Gasteiger partial charge in [0.1, 0.15) is 5.75 Å². The zero-order valence-electron chi connectivity index (χ0n) is 19.7. The maximum absolute atomic E-state index is 13.5. The van der Waals surface area contributed by atoms with Crippen molar-refractivity contribution in [3.8, 4) is 5.75 Å². The number of thioether (sulfide) groups is 1. The Balaban J connectivity index is 1.51. The van der Waals surface area contributed by atoms with Gasteiger partial charge in [0.05, 0.1) is 22.7 Å². The van der Waals surface area contributed by atoms with Gasteiger partial charge in [0.2, 0.25) is 0 Å². The Morgan fingerprint density at radius 3 is 2.53 bits per heavy atom. The third-order valence-electron chi connectivity index (χ3n) is 7.38. The zero-order valence-corrected chi connectivity index (χ0v) is 20.5. The molecule has 6 rings (SSSR count). The summed E-state index contributed by atoms with van der Waals surface area (Å²) in [6.07, 6.45) is 24.4. The number of ketones is 1. The van der Waals surface area contributed by atoms with Crippen molar-refractivity contribution in [1.29, 1.82) is 0 Å². The number of ether oxygens (including phenoxy) is 1. The van der Waals surface area contributed by atoms with E-state index in [0.29, 0.717) is 0 Å². The molecular formula is C31H30O2S. The minimum Gasteiger partial charge on any atom is -0.492 e. The summed E-state index contributed by atoms with van der Waals surface area (Å²) in [5, 5.41) is 4.99. The number of hydrogen-bond donors (Lipinski definition) is 0. The van der Waals surface area contributed by atoms with Crippen LogP contribution in [0.25, 0.3) is 21.9 Å². The number of fused-ring (bicyclic) bond motifs is 2. The topological polar surface area (TPSA) is 26.3 Å². The number of hydrogen-bond acceptors (Lipinski definition) is 3. The van der Waals surface area contributed by atoms with E-state index in [1.54, 1.807) is 0 Å². The van der Waals surface area contributed by atoms with Crippen LogP contribution in [-0.2, 0) is 0 Å². The molecule has 2 unspecified atom stereocenters. The summed E-state index contributed by atoms with van der Waals surface area (Å²) < 4.78 is 6.51. The molecule has 0 spiro atoms. The molecule has 2 aromatic carbocycles. The van der Waals surface area contributed by atoms with Crippen molar-refractivity contribution in [1.82, 2.24) is 0 Å². The zero-order chi connectivity index (χ0) is 23.1. The minimum atomic E-state index is -0.197. The van der Waals surface area contributed by atoms with Crippen LogP contribution in [0, 0.1) is 5.92 Å². The molecule has 0 bridgehead atoms. The molecule has 0 saturated heterocycles. The first-order chi connectivity index (χ1) is 16.8. The van der Waals surface area contributed by atoms with E-state index < -0.39 is 0 Å². The molecule has 2 nitrogen and oxygen atoms in total. The Labute approximate surface area is 205 Å². The summed E-state index contributed by atoms with van der Waals surface area (Å²) in [6, 6.07) is 6.44. The van der Waals surface area contributed by atoms with Crippen molar-refractivity contribution in [3.05, 3.63) is 82.8 Å². The van der Waals surface area contributed by atoms with Crippen molar-refractivity contribution >= 4 is 39.5 Å². The average molecular weight is 467 g/mol. The van der Waals surface area contributed by atoms with Crippen LogP contribution in [0.3, 0.4) is 0 Å². The standard InChI is InChI=1S/C31H30O2S/c1-2-3-4-5-6-11-18-33-26-19-25-20-12-7-8-14-23(20)30(32)24-17-16-22-21-13-9-10-15-27(21)34-31(26)29(22)28(24)25/h7-10,12-17,19,23,27H,2-6,11,18H2,1H3. The summed E-state index contributed by atoms with van der Waals surface area (Å²) >= 11 is 1.86. The molecule has 0 aromatic heterocycles. The van der Waals surface area contributed by atoms with Crippen molar-refractivity contribution < 1.29 is 9.53 Å². The van der Waals surface area contributed by atoms with E-state index in [9.17, 15) is 4.79 Å². The molecule has 2 atom stereocenters. The van der Waals surface area contributed by atoms with Crippen LogP contribution >= 0.6 is 11.8 Å². The molecule has 0 N–H and O–H groups in total. The van der Waals surface area contributed by atoms with Gasteiger partial charge in [-0.25, -0.2) is 0 Å². The highest BCUT2D eigenvalue weighted by Gasteiger charge is 2.33. The fourth-order valence-corrected chi connectivity index (χ4v) is 6.98. The average Bonchev–Trinajstić information content (AvgIpc) is 2.88. The fraction of sp³-hybridized carbons (Fsp3) is 0.323. The summed E-state index contributed by atoms with van der Waals surface area (Å²) in [6.45, 7) is 3.00. The maximum atomic E-state index is 13.5. The second-order valence-electron chi connectivity index (χ2n) is 9.56. The second kappa shape index (κ2) is 9.11. The monoisotopic (exact) mass is 466 g/mol. The smallest absolute Gasteiger partial charge is 0.174 e. The van der Waals surface area contributed by atoms with Gasteiger partial charge >= 0.3 is 0 Å². The number of unbranched alkanes of at least 4 members (excludes halogenated alkanes) is 5. The number of allylic oxidation sites excluding steroid dienone is 7. The predicted molar refractivity (Wildman–Crippen MR) is 143 cm³/mol. The Morgan fingerprint density at radius 2 is 1.65 bits per heavy atom. The molecule has 4 aliphatic rings. The molecule has 3 aliphatic carbocycles. The van der Waals surface area contributed by atoms with Gasteiger partial charge in [-0.05, 0) is 34.1 Å². The van der Waals surface area contributed by atoms with Gasteiger partial charge in [-0.1, -0.05) is 99.8 Å². The summed E-state index contributed by atoms with van der Waals surface area (Å²) in [5.74, 6) is 0.986. The number of rotatable bonds is 8. The number of carbonyl (C=O) groups excluding carboxylic acids is 1. The van der Waals surface area contributed by atoms with Gasteiger partial charge in [0, 0.05) is 16.3 Å². The Hall–Kier alpha value is -2.78. The third kappa shape index (κ3) is 3.53. The van der Waals surface area contributed by atoms with E-state index in [2.05, 4.69) is 55.5 Å². The molecule has 0 radical (unpaired) electrons.